The molecule has 0 amide bonds. The largest absolute Gasteiger partial charge is 0.253 e. The van der Waals surface area contributed by atoms with E-state index in [9.17, 15) is 19.9 Å². The topological polar surface area (TPSA) is 0 Å². The van der Waals surface area contributed by atoms with Gasteiger partial charge in [0.05, 0.1) is 4.90 Å². The zero-order valence-corrected chi connectivity index (χ0v) is 7.56. The third-order valence-electron chi connectivity index (χ3n) is 1.26. The first-order valence-corrected chi connectivity index (χ1v) is 5.86. The van der Waals surface area contributed by atoms with Gasteiger partial charge in [-0.2, -0.15) is 0 Å². The minimum Gasteiger partial charge on any atom is -0.207 e. The van der Waals surface area contributed by atoms with E-state index >= 15 is 0 Å². The van der Waals surface area contributed by atoms with Crippen molar-refractivity contribution in [2.75, 3.05) is 0 Å². The molecular weight excluding hydrogens is 235 g/mol. The van der Waals surface area contributed by atoms with E-state index in [1.165, 1.54) is 0 Å². The molecule has 1 aromatic carbocycles. The van der Waals surface area contributed by atoms with E-state index in [-0.39, 0.29) is 12.1 Å². The number of hydrogen-bond acceptors (Lipinski definition) is 0. The second-order valence-corrected chi connectivity index (χ2v) is 6.69. The monoisotopic (exact) mass is 238 g/mol. The van der Waals surface area contributed by atoms with Crippen LogP contribution in [0.4, 0.5) is 19.9 Å². The van der Waals surface area contributed by atoms with E-state index in [0.717, 1.165) is 0 Å². The van der Waals surface area contributed by atoms with E-state index in [1.807, 2.05) is 0 Å². The first-order valence-electron chi connectivity index (χ1n) is 2.99. The van der Waals surface area contributed by atoms with Crippen molar-refractivity contribution in [1.29, 1.82) is 0 Å². The Morgan fingerprint density at radius 2 is 1.31 bits per heavy atom. The van der Waals surface area contributed by atoms with Crippen LogP contribution in [0.5, 0.6) is 0 Å². The predicted octanol–water partition coefficient (Wildman–Crippen LogP) is 4.75. The highest BCUT2D eigenvalue weighted by Crippen LogP contribution is 3.04. The highest BCUT2D eigenvalue weighted by Gasteiger charge is 2.62. The quantitative estimate of drug-likeness (QED) is 0.619. The molecule has 13 heavy (non-hydrogen) atoms. The molecule has 0 atom stereocenters. The van der Waals surface area contributed by atoms with Crippen LogP contribution in [-0.2, 0) is 0 Å². The van der Waals surface area contributed by atoms with Crippen molar-refractivity contribution in [3.8, 4) is 0 Å². The third-order valence-corrected chi connectivity index (χ3v) is 2.96. The normalized spacial score (nSPS) is 17.7. The lowest BCUT2D eigenvalue weighted by molar-refractivity contribution is 0.479. The van der Waals surface area contributed by atoms with Gasteiger partial charge in [-0.1, -0.05) is 0 Å². The summed E-state index contributed by atoms with van der Waals surface area (Å²) in [6.07, 6.45) is 0. The lowest BCUT2D eigenvalue weighted by atomic mass is 10.4. The molecule has 1 rings (SSSR count). The fourth-order valence-corrected chi connectivity index (χ4v) is 1.65. The summed E-state index contributed by atoms with van der Waals surface area (Å²) in [5.41, 5.74) is 0. The summed E-state index contributed by atoms with van der Waals surface area (Å²) in [4.78, 5) is -1.65. The summed E-state index contributed by atoms with van der Waals surface area (Å²) in [5.74, 6) is -0.887. The van der Waals surface area contributed by atoms with Crippen LogP contribution in [0.15, 0.2) is 29.2 Å². The molecule has 0 aliphatic rings. The molecule has 0 N–H and O–H groups in total. The van der Waals surface area contributed by atoms with Crippen molar-refractivity contribution in [2.45, 2.75) is 4.90 Å². The molecule has 0 aromatic heterocycles. The molecule has 0 spiro atoms. The van der Waals surface area contributed by atoms with Crippen LogP contribution >= 0.6 is 19.7 Å². The Hall–Kier alpha value is -0.490. The molecule has 76 valence electrons. The minimum absolute atomic E-state index is 0.268. The van der Waals surface area contributed by atoms with Crippen molar-refractivity contribution in [1.82, 2.24) is 0 Å². The van der Waals surface area contributed by atoms with Gasteiger partial charge in [-0.3, -0.25) is 0 Å². The second kappa shape index (κ2) is 2.12. The smallest absolute Gasteiger partial charge is 0.207 e. The minimum atomic E-state index is -8.65. The van der Waals surface area contributed by atoms with E-state index in [0.29, 0.717) is 12.1 Å². The SMILES string of the molecule is Fc1ccc(S(F)(F)(F)(F)Cl)cc1. The van der Waals surface area contributed by atoms with Crippen LogP contribution in [0.25, 0.3) is 0 Å². The van der Waals surface area contributed by atoms with Crippen molar-refractivity contribution in [2.24, 2.45) is 0 Å². The number of rotatable bonds is 1. The van der Waals surface area contributed by atoms with Gasteiger partial charge in [0.25, 0.3) is 9.05 Å². The summed E-state index contributed by atoms with van der Waals surface area (Å²) in [5, 5.41) is 0. The Bertz CT molecular complexity index is 325. The maximum atomic E-state index is 12.4. The number of hydrogen-bond donors (Lipinski definition) is 0. The molecule has 0 radical (unpaired) electrons. The summed E-state index contributed by atoms with van der Waals surface area (Å²) in [6, 6.07) is 1.53. The molecule has 7 heteroatoms. The van der Waals surface area contributed by atoms with Crippen LogP contribution in [0.1, 0.15) is 0 Å². The van der Waals surface area contributed by atoms with E-state index in [1.54, 1.807) is 0 Å². The average molecular weight is 239 g/mol. The zero-order valence-electron chi connectivity index (χ0n) is 5.99. The summed E-state index contributed by atoms with van der Waals surface area (Å²) in [7, 11) is -4.70. The Morgan fingerprint density at radius 3 is 1.62 bits per heavy atom. The lowest BCUT2D eigenvalue weighted by Crippen LogP contribution is -2.03. The van der Waals surface area contributed by atoms with Crippen LogP contribution < -0.4 is 0 Å². The number of halogens is 6. The van der Waals surface area contributed by atoms with E-state index < -0.39 is 19.8 Å². The Labute approximate surface area is 75.2 Å². The maximum absolute atomic E-state index is 12.4. The van der Waals surface area contributed by atoms with Gasteiger partial charge in [-0.05, 0) is 24.3 Å². The fraction of sp³-hybridized carbons (Fsp3) is 0. The van der Waals surface area contributed by atoms with Gasteiger partial charge in [-0.15, -0.1) is 15.5 Å². The zero-order chi connectivity index (χ0) is 10.4. The Balaban J connectivity index is 3.34. The molecule has 0 saturated heterocycles. The van der Waals surface area contributed by atoms with Gasteiger partial charge in [-0.25, -0.2) is 4.39 Å². The Morgan fingerprint density at radius 1 is 0.923 bits per heavy atom. The molecule has 0 fully saturated rings. The van der Waals surface area contributed by atoms with Gasteiger partial charge in [0.2, 0.25) is 0 Å². The average Bonchev–Trinajstić information content (AvgIpc) is 1.82. The molecule has 0 bridgehead atoms. The first-order chi connectivity index (χ1) is 5.49. The van der Waals surface area contributed by atoms with Crippen molar-refractivity contribution in [3.05, 3.63) is 30.1 Å². The van der Waals surface area contributed by atoms with E-state index in [2.05, 4.69) is 10.7 Å². The standard InChI is InChI=1S/C6H4ClF5S/c7-13(9,10,11,12)6-3-1-5(8)2-4-6/h1-4H. The first kappa shape index (κ1) is 10.6. The van der Waals surface area contributed by atoms with Crippen LogP contribution in [-0.4, -0.2) is 0 Å². The van der Waals surface area contributed by atoms with Gasteiger partial charge in [0.15, 0.2) is 0 Å². The van der Waals surface area contributed by atoms with Crippen LogP contribution in [0, 0.1) is 5.82 Å². The fourth-order valence-electron chi connectivity index (χ4n) is 0.692. The molecule has 0 saturated carbocycles. The summed E-state index contributed by atoms with van der Waals surface area (Å²) >= 11 is 0. The molecule has 0 aliphatic carbocycles. The predicted molar refractivity (Wildman–Crippen MR) is 42.5 cm³/mol. The Kier molecular flexibility index (Phi) is 1.72. The van der Waals surface area contributed by atoms with Crippen LogP contribution in [0.2, 0.25) is 0 Å². The maximum Gasteiger partial charge on any atom is 0.253 e. The van der Waals surface area contributed by atoms with Crippen molar-refractivity contribution < 1.29 is 19.9 Å². The molecular formula is C6H4ClF5S. The second-order valence-electron chi connectivity index (χ2n) is 2.42. The van der Waals surface area contributed by atoms with Crippen molar-refractivity contribution in [3.63, 3.8) is 0 Å². The van der Waals surface area contributed by atoms with Gasteiger partial charge < -0.3 is 0 Å². The van der Waals surface area contributed by atoms with E-state index in [4.69, 9.17) is 0 Å². The highest BCUT2D eigenvalue weighted by atomic mass is 35.7. The molecule has 0 unspecified atom stereocenters. The highest BCUT2D eigenvalue weighted by molar-refractivity contribution is 8.65. The molecule has 1 aromatic rings. The number of benzene rings is 1. The van der Waals surface area contributed by atoms with Gasteiger partial charge >= 0.3 is 0 Å². The van der Waals surface area contributed by atoms with Crippen molar-refractivity contribution >= 4 is 19.7 Å². The third kappa shape index (κ3) is 2.73. The summed E-state index contributed by atoms with van der Waals surface area (Å²) < 4.78 is 61.8. The lowest BCUT2D eigenvalue weighted by Gasteiger charge is -2.42. The molecule has 0 heterocycles. The van der Waals surface area contributed by atoms with Gasteiger partial charge in [0.1, 0.15) is 5.82 Å². The molecule has 0 aliphatic heterocycles. The summed E-state index contributed by atoms with van der Waals surface area (Å²) in [6.45, 7) is 0. The van der Waals surface area contributed by atoms with Gasteiger partial charge in [0, 0.05) is 10.7 Å². The van der Waals surface area contributed by atoms with Crippen LogP contribution in [0.3, 0.4) is 0 Å². The molecule has 0 nitrogen and oxygen atoms in total.